The van der Waals surface area contributed by atoms with E-state index in [0.717, 1.165) is 33.5 Å². The van der Waals surface area contributed by atoms with Gasteiger partial charge in [0.05, 0.1) is 12.9 Å². The molecule has 0 bridgehead atoms. The fraction of sp³-hybridized carbons (Fsp3) is 0.417. The molecule has 5 nitrogen and oxygen atoms in total. The number of ether oxygens (including phenoxy) is 1. The van der Waals surface area contributed by atoms with Crippen molar-refractivity contribution >= 4 is 39.5 Å². The van der Waals surface area contributed by atoms with Gasteiger partial charge in [0.25, 0.3) is 0 Å². The van der Waals surface area contributed by atoms with E-state index < -0.39 is 6.04 Å². The molecule has 0 aromatic heterocycles. The molecule has 2 aromatic carbocycles. The van der Waals surface area contributed by atoms with Crippen molar-refractivity contribution in [1.82, 2.24) is 10.2 Å². The van der Waals surface area contributed by atoms with Crippen LogP contribution in [0.1, 0.15) is 38.3 Å². The zero-order chi connectivity index (χ0) is 22.8. The number of amides is 2. The average Bonchev–Trinajstić information content (AvgIpc) is 2.78. The summed E-state index contributed by atoms with van der Waals surface area (Å²) in [5, 5.41) is 2.99. The first kappa shape index (κ1) is 25.3. The van der Waals surface area contributed by atoms with Crippen LogP contribution in [-0.2, 0) is 21.9 Å². The highest BCUT2D eigenvalue weighted by Gasteiger charge is 2.26. The maximum Gasteiger partial charge on any atom is 0.242 e. The average molecular weight is 507 g/mol. The number of nitrogens with zero attached hydrogens (tertiary/aromatic N) is 1. The van der Waals surface area contributed by atoms with Crippen LogP contribution in [0.5, 0.6) is 5.75 Å². The molecule has 2 aromatic rings. The fourth-order valence-corrected chi connectivity index (χ4v) is 4.03. The Morgan fingerprint density at radius 3 is 2.26 bits per heavy atom. The van der Waals surface area contributed by atoms with E-state index in [0.29, 0.717) is 12.3 Å². The molecule has 7 heteroatoms. The molecule has 0 spiro atoms. The van der Waals surface area contributed by atoms with E-state index in [-0.39, 0.29) is 17.9 Å². The van der Waals surface area contributed by atoms with Gasteiger partial charge in [-0.15, -0.1) is 11.8 Å². The molecule has 168 valence electrons. The van der Waals surface area contributed by atoms with Crippen molar-refractivity contribution in [2.75, 3.05) is 12.9 Å². The standard InChI is InChI=1S/C24H31BrN2O3S/c1-5-17(2)26-24(29)18(3)27(14-19-6-10-21(25)11-7-19)23(28)16-31-15-20-8-12-22(30-4)13-9-20/h6-13,17-18H,5,14-16H2,1-4H3,(H,26,29). The molecule has 2 rings (SSSR count). The van der Waals surface area contributed by atoms with E-state index >= 15 is 0 Å². The van der Waals surface area contributed by atoms with Crippen molar-refractivity contribution in [1.29, 1.82) is 0 Å². The normalized spacial score (nSPS) is 12.7. The van der Waals surface area contributed by atoms with Crippen LogP contribution in [-0.4, -0.2) is 41.7 Å². The second kappa shape index (κ2) is 12.8. The second-order valence-corrected chi connectivity index (χ2v) is 9.38. The van der Waals surface area contributed by atoms with E-state index in [9.17, 15) is 9.59 Å². The number of halogens is 1. The van der Waals surface area contributed by atoms with Crippen LogP contribution in [0.2, 0.25) is 0 Å². The predicted molar refractivity (Wildman–Crippen MR) is 131 cm³/mol. The molecule has 0 aliphatic carbocycles. The largest absolute Gasteiger partial charge is 0.497 e. The van der Waals surface area contributed by atoms with Crippen molar-refractivity contribution in [2.24, 2.45) is 0 Å². The summed E-state index contributed by atoms with van der Waals surface area (Å²) in [5.74, 6) is 1.67. The van der Waals surface area contributed by atoms with Gasteiger partial charge in [0.15, 0.2) is 0 Å². The van der Waals surface area contributed by atoms with E-state index in [2.05, 4.69) is 21.2 Å². The number of nitrogens with one attached hydrogen (secondary N) is 1. The van der Waals surface area contributed by atoms with Crippen molar-refractivity contribution in [2.45, 2.75) is 51.6 Å². The summed E-state index contributed by atoms with van der Waals surface area (Å²) in [6, 6.07) is 15.2. The Morgan fingerprint density at radius 2 is 1.68 bits per heavy atom. The highest BCUT2D eigenvalue weighted by Crippen LogP contribution is 2.19. The molecule has 0 aliphatic rings. The van der Waals surface area contributed by atoms with Crippen molar-refractivity contribution in [3.05, 3.63) is 64.1 Å². The summed E-state index contributed by atoms with van der Waals surface area (Å²) in [7, 11) is 1.64. The minimum Gasteiger partial charge on any atom is -0.497 e. The Hall–Kier alpha value is -1.99. The highest BCUT2D eigenvalue weighted by molar-refractivity contribution is 9.10. The van der Waals surface area contributed by atoms with Gasteiger partial charge in [-0.2, -0.15) is 0 Å². The van der Waals surface area contributed by atoms with E-state index in [4.69, 9.17) is 4.74 Å². The number of carbonyl (C=O) groups is 2. The number of hydrogen-bond acceptors (Lipinski definition) is 4. The van der Waals surface area contributed by atoms with E-state index in [1.165, 1.54) is 0 Å². The lowest BCUT2D eigenvalue weighted by atomic mass is 10.1. The Morgan fingerprint density at radius 1 is 1.06 bits per heavy atom. The highest BCUT2D eigenvalue weighted by atomic mass is 79.9. The Kier molecular flexibility index (Phi) is 10.4. The smallest absolute Gasteiger partial charge is 0.242 e. The van der Waals surface area contributed by atoms with Crippen molar-refractivity contribution in [3.8, 4) is 5.75 Å². The molecule has 1 N–H and O–H groups in total. The quantitative estimate of drug-likeness (QED) is 0.464. The molecule has 0 heterocycles. The lowest BCUT2D eigenvalue weighted by Crippen LogP contribution is -2.50. The Balaban J connectivity index is 2.04. The number of hydrogen-bond donors (Lipinski definition) is 1. The molecule has 0 saturated heterocycles. The topological polar surface area (TPSA) is 58.6 Å². The summed E-state index contributed by atoms with van der Waals surface area (Å²) >= 11 is 4.98. The fourth-order valence-electron chi connectivity index (χ4n) is 2.90. The minimum absolute atomic E-state index is 0.0479. The second-order valence-electron chi connectivity index (χ2n) is 7.48. The van der Waals surface area contributed by atoms with Gasteiger partial charge in [-0.25, -0.2) is 0 Å². The van der Waals surface area contributed by atoms with Crippen LogP contribution in [0.3, 0.4) is 0 Å². The van der Waals surface area contributed by atoms with Gasteiger partial charge in [-0.05, 0) is 55.7 Å². The van der Waals surface area contributed by atoms with Gasteiger partial charge < -0.3 is 15.0 Å². The minimum atomic E-state index is -0.549. The van der Waals surface area contributed by atoms with Gasteiger partial charge in [0, 0.05) is 22.8 Å². The number of carbonyl (C=O) groups excluding carboxylic acids is 2. The van der Waals surface area contributed by atoms with Crippen molar-refractivity contribution < 1.29 is 14.3 Å². The lowest BCUT2D eigenvalue weighted by Gasteiger charge is -2.29. The van der Waals surface area contributed by atoms with Gasteiger partial charge in [-0.3, -0.25) is 9.59 Å². The van der Waals surface area contributed by atoms with Crippen LogP contribution >= 0.6 is 27.7 Å². The first-order valence-corrected chi connectivity index (χ1v) is 12.3. The molecule has 2 amide bonds. The van der Waals surface area contributed by atoms with Gasteiger partial charge >= 0.3 is 0 Å². The maximum atomic E-state index is 13.1. The van der Waals surface area contributed by atoms with Gasteiger partial charge in [-0.1, -0.05) is 47.1 Å². The summed E-state index contributed by atoms with van der Waals surface area (Å²) in [5.41, 5.74) is 2.11. The zero-order valence-electron chi connectivity index (χ0n) is 18.6. The van der Waals surface area contributed by atoms with E-state index in [1.807, 2.05) is 62.4 Å². The SMILES string of the molecule is CCC(C)NC(=O)C(C)N(Cc1ccc(Br)cc1)C(=O)CSCc1ccc(OC)cc1. The molecule has 2 atom stereocenters. The first-order valence-electron chi connectivity index (χ1n) is 10.4. The van der Waals surface area contributed by atoms with E-state index in [1.54, 1.807) is 30.7 Å². The number of methoxy groups -OCH3 is 1. The van der Waals surface area contributed by atoms with Gasteiger partial charge in [0.2, 0.25) is 11.8 Å². The molecule has 0 saturated carbocycles. The Bertz CT molecular complexity index is 843. The third kappa shape index (κ3) is 8.22. The van der Waals surface area contributed by atoms with Crippen LogP contribution in [0.4, 0.5) is 0 Å². The summed E-state index contributed by atoms with van der Waals surface area (Å²) in [6.07, 6.45) is 0.844. The van der Waals surface area contributed by atoms with Gasteiger partial charge in [0.1, 0.15) is 11.8 Å². The maximum absolute atomic E-state index is 13.1. The predicted octanol–water partition coefficient (Wildman–Crippen LogP) is 5.02. The molecular weight excluding hydrogens is 476 g/mol. The first-order chi connectivity index (χ1) is 14.8. The molecule has 2 unspecified atom stereocenters. The zero-order valence-corrected chi connectivity index (χ0v) is 21.0. The lowest BCUT2D eigenvalue weighted by molar-refractivity contribution is -0.138. The molecule has 31 heavy (non-hydrogen) atoms. The van der Waals surface area contributed by atoms with Crippen LogP contribution < -0.4 is 10.1 Å². The van der Waals surface area contributed by atoms with Crippen LogP contribution in [0.15, 0.2) is 53.0 Å². The third-order valence-corrected chi connectivity index (χ3v) is 6.61. The summed E-state index contributed by atoms with van der Waals surface area (Å²) in [6.45, 7) is 6.18. The van der Waals surface area contributed by atoms with Crippen LogP contribution in [0, 0.1) is 0 Å². The number of rotatable bonds is 11. The number of benzene rings is 2. The molecular formula is C24H31BrN2O3S. The Labute approximate surface area is 198 Å². The molecule has 0 aliphatic heterocycles. The summed E-state index contributed by atoms with van der Waals surface area (Å²) < 4.78 is 6.16. The van der Waals surface area contributed by atoms with Crippen LogP contribution in [0.25, 0.3) is 0 Å². The molecule has 0 radical (unpaired) electrons. The monoisotopic (exact) mass is 506 g/mol. The molecule has 0 fully saturated rings. The van der Waals surface area contributed by atoms with Crippen molar-refractivity contribution in [3.63, 3.8) is 0 Å². The summed E-state index contributed by atoms with van der Waals surface area (Å²) in [4.78, 5) is 27.5. The number of thioether (sulfide) groups is 1. The third-order valence-electron chi connectivity index (χ3n) is 5.09.